The first kappa shape index (κ1) is 23.0. The van der Waals surface area contributed by atoms with Gasteiger partial charge in [0.2, 0.25) is 0 Å². The molecule has 0 spiro atoms. The van der Waals surface area contributed by atoms with Gasteiger partial charge in [0.25, 0.3) is 5.91 Å². The second-order valence-corrected chi connectivity index (χ2v) is 7.45. The van der Waals surface area contributed by atoms with E-state index in [1.165, 1.54) is 4.90 Å². The third-order valence-electron chi connectivity index (χ3n) is 4.48. The molecule has 2 heterocycles. The molecule has 1 aromatic carbocycles. The molecule has 0 aliphatic carbocycles. The lowest BCUT2D eigenvalue weighted by Gasteiger charge is -2.13. The number of ether oxygens (including phenoxy) is 2. The van der Waals surface area contributed by atoms with Gasteiger partial charge < -0.3 is 20.1 Å². The smallest absolute Gasteiger partial charge is 0.259 e. The highest BCUT2D eigenvalue weighted by Gasteiger charge is 2.10. The number of carbonyl (C=O) groups excluding carboxylic acids is 1. The summed E-state index contributed by atoms with van der Waals surface area (Å²) in [4.78, 5) is 26.0. The minimum absolute atomic E-state index is 0.0530. The summed E-state index contributed by atoms with van der Waals surface area (Å²) in [6, 6.07) is 12.4. The van der Waals surface area contributed by atoms with Crippen LogP contribution in [-0.2, 0) is 4.79 Å². The molecule has 2 N–H and O–H groups in total. The van der Waals surface area contributed by atoms with Crippen LogP contribution < -0.4 is 15.2 Å². The molecule has 0 atom stereocenters. The maximum Gasteiger partial charge on any atom is 0.259 e. The third-order valence-corrected chi connectivity index (χ3v) is 4.69. The Morgan fingerprint density at radius 3 is 2.53 bits per heavy atom. The fraction of sp³-hybridized carbons (Fsp3) is 0.217. The van der Waals surface area contributed by atoms with Crippen LogP contribution in [0.4, 0.5) is 0 Å². The predicted octanol–water partition coefficient (Wildman–Crippen LogP) is 3.20. The summed E-state index contributed by atoms with van der Waals surface area (Å²) in [6.45, 7) is 0.0606. The number of benzene rings is 1. The number of hydrogen-bond donors (Lipinski definition) is 1. The SMILES string of the molecule is CN=CC(=C(N)COc1cccc(OCC(=O)N(C)C)c1)c1cnc2ccc(Cl)nc2c1. The van der Waals surface area contributed by atoms with Gasteiger partial charge in [-0.2, -0.15) is 0 Å². The van der Waals surface area contributed by atoms with E-state index in [4.69, 9.17) is 26.8 Å². The van der Waals surface area contributed by atoms with Crippen LogP contribution in [0.15, 0.2) is 59.4 Å². The zero-order valence-corrected chi connectivity index (χ0v) is 18.8. The molecule has 0 fully saturated rings. The number of likely N-dealkylation sites (N-methyl/N-ethyl adjacent to an activating group) is 1. The van der Waals surface area contributed by atoms with Gasteiger partial charge in [-0.1, -0.05) is 17.7 Å². The Balaban J connectivity index is 1.77. The minimum atomic E-state index is -0.133. The zero-order chi connectivity index (χ0) is 23.1. The Morgan fingerprint density at radius 1 is 1.12 bits per heavy atom. The summed E-state index contributed by atoms with van der Waals surface area (Å²) in [5.74, 6) is 0.949. The number of rotatable bonds is 8. The molecule has 32 heavy (non-hydrogen) atoms. The summed E-state index contributed by atoms with van der Waals surface area (Å²) in [5.41, 5.74) is 9.61. The molecule has 0 aliphatic rings. The summed E-state index contributed by atoms with van der Waals surface area (Å²) in [6.07, 6.45) is 3.36. The first-order valence-electron chi connectivity index (χ1n) is 9.76. The van der Waals surface area contributed by atoms with Crippen molar-refractivity contribution in [1.82, 2.24) is 14.9 Å². The van der Waals surface area contributed by atoms with Crippen molar-refractivity contribution in [2.75, 3.05) is 34.4 Å². The van der Waals surface area contributed by atoms with E-state index in [0.717, 1.165) is 11.1 Å². The van der Waals surface area contributed by atoms with Crippen LogP contribution in [0.3, 0.4) is 0 Å². The van der Waals surface area contributed by atoms with Crippen molar-refractivity contribution in [3.8, 4) is 11.5 Å². The standard InChI is InChI=1S/C23H24ClN5O3/c1-26-12-18(15-9-21-20(27-11-15)7-8-22(24)28-21)19(25)13-31-16-5-4-6-17(10-16)32-14-23(30)29(2)3/h4-12H,13-14,25H2,1-3H3. The Kier molecular flexibility index (Phi) is 7.62. The van der Waals surface area contributed by atoms with E-state index in [0.29, 0.717) is 33.4 Å². The molecule has 9 heteroatoms. The number of aliphatic imine (C=N–C) groups is 1. The molecule has 0 radical (unpaired) electrons. The van der Waals surface area contributed by atoms with Gasteiger partial charge in [-0.25, -0.2) is 4.98 Å². The number of fused-ring (bicyclic) bond motifs is 1. The van der Waals surface area contributed by atoms with Crippen molar-refractivity contribution in [1.29, 1.82) is 0 Å². The maximum absolute atomic E-state index is 11.7. The molecule has 166 valence electrons. The van der Waals surface area contributed by atoms with Crippen LogP contribution in [-0.4, -0.2) is 61.3 Å². The molecular formula is C23H24ClN5O3. The lowest BCUT2D eigenvalue weighted by Crippen LogP contribution is -2.27. The van der Waals surface area contributed by atoms with E-state index >= 15 is 0 Å². The molecule has 0 bridgehead atoms. The van der Waals surface area contributed by atoms with Gasteiger partial charge in [0.15, 0.2) is 6.61 Å². The number of halogens is 1. The molecule has 0 saturated heterocycles. The van der Waals surface area contributed by atoms with E-state index in [2.05, 4.69) is 15.0 Å². The first-order chi connectivity index (χ1) is 15.4. The lowest BCUT2D eigenvalue weighted by molar-refractivity contribution is -0.130. The molecule has 3 rings (SSSR count). The average Bonchev–Trinajstić information content (AvgIpc) is 2.79. The fourth-order valence-corrected chi connectivity index (χ4v) is 2.92. The van der Waals surface area contributed by atoms with Crippen molar-refractivity contribution in [2.45, 2.75) is 0 Å². The van der Waals surface area contributed by atoms with E-state index in [1.54, 1.807) is 70.0 Å². The number of nitrogens with two attached hydrogens (primary N) is 1. The highest BCUT2D eigenvalue weighted by atomic mass is 35.5. The Hall–Kier alpha value is -3.65. The molecule has 8 nitrogen and oxygen atoms in total. The van der Waals surface area contributed by atoms with Gasteiger partial charge in [-0.05, 0) is 30.3 Å². The highest BCUT2D eigenvalue weighted by molar-refractivity contribution is 6.29. The maximum atomic E-state index is 11.7. The summed E-state index contributed by atoms with van der Waals surface area (Å²) < 4.78 is 11.4. The summed E-state index contributed by atoms with van der Waals surface area (Å²) in [5, 5.41) is 0.386. The van der Waals surface area contributed by atoms with Crippen molar-refractivity contribution in [3.05, 3.63) is 65.1 Å². The van der Waals surface area contributed by atoms with E-state index in [1.807, 2.05) is 6.07 Å². The van der Waals surface area contributed by atoms with Gasteiger partial charge in [0, 0.05) is 50.8 Å². The predicted molar refractivity (Wildman–Crippen MR) is 126 cm³/mol. The fourth-order valence-electron chi connectivity index (χ4n) is 2.77. The van der Waals surface area contributed by atoms with Crippen molar-refractivity contribution in [2.24, 2.45) is 10.7 Å². The molecular weight excluding hydrogens is 430 g/mol. The largest absolute Gasteiger partial charge is 0.487 e. The normalized spacial score (nSPS) is 12.0. The molecule has 1 amide bonds. The summed E-state index contributed by atoms with van der Waals surface area (Å²) >= 11 is 6.01. The number of pyridine rings is 2. The molecule has 3 aromatic rings. The Bertz CT molecular complexity index is 1180. The van der Waals surface area contributed by atoms with Crippen LogP contribution in [0.25, 0.3) is 16.6 Å². The number of nitrogens with zero attached hydrogens (tertiary/aromatic N) is 4. The van der Waals surface area contributed by atoms with Gasteiger partial charge >= 0.3 is 0 Å². The quantitative estimate of drug-likeness (QED) is 0.415. The Labute approximate surface area is 191 Å². The summed E-state index contributed by atoms with van der Waals surface area (Å²) in [7, 11) is 5.01. The van der Waals surface area contributed by atoms with Crippen LogP contribution >= 0.6 is 11.6 Å². The van der Waals surface area contributed by atoms with E-state index in [-0.39, 0.29) is 19.1 Å². The Morgan fingerprint density at radius 2 is 1.84 bits per heavy atom. The molecule has 0 aliphatic heterocycles. The monoisotopic (exact) mass is 453 g/mol. The second-order valence-electron chi connectivity index (χ2n) is 7.06. The van der Waals surface area contributed by atoms with Gasteiger partial charge in [-0.15, -0.1) is 0 Å². The highest BCUT2D eigenvalue weighted by Crippen LogP contribution is 2.22. The average molecular weight is 454 g/mol. The second kappa shape index (κ2) is 10.6. The molecule has 2 aromatic heterocycles. The van der Waals surface area contributed by atoms with Gasteiger partial charge in [0.1, 0.15) is 23.3 Å². The van der Waals surface area contributed by atoms with Crippen LogP contribution in [0.5, 0.6) is 11.5 Å². The van der Waals surface area contributed by atoms with Crippen molar-refractivity contribution < 1.29 is 14.3 Å². The first-order valence-corrected chi connectivity index (χ1v) is 10.1. The van der Waals surface area contributed by atoms with Crippen molar-refractivity contribution >= 4 is 40.3 Å². The number of hydrogen-bond acceptors (Lipinski definition) is 7. The van der Waals surface area contributed by atoms with Crippen LogP contribution in [0.2, 0.25) is 5.15 Å². The van der Waals surface area contributed by atoms with Crippen LogP contribution in [0.1, 0.15) is 5.56 Å². The van der Waals surface area contributed by atoms with Gasteiger partial charge in [0.05, 0.1) is 16.7 Å². The number of allylic oxidation sites excluding steroid dienone is 1. The third kappa shape index (κ3) is 5.95. The van der Waals surface area contributed by atoms with Crippen LogP contribution in [0, 0.1) is 0 Å². The van der Waals surface area contributed by atoms with Crippen molar-refractivity contribution in [3.63, 3.8) is 0 Å². The number of carbonyl (C=O) groups is 1. The van der Waals surface area contributed by atoms with E-state index in [9.17, 15) is 4.79 Å². The minimum Gasteiger partial charge on any atom is -0.487 e. The zero-order valence-electron chi connectivity index (χ0n) is 18.1. The number of amides is 1. The van der Waals surface area contributed by atoms with E-state index < -0.39 is 0 Å². The number of aromatic nitrogens is 2. The topological polar surface area (TPSA) is 103 Å². The van der Waals surface area contributed by atoms with Gasteiger partial charge in [-0.3, -0.25) is 14.8 Å². The lowest BCUT2D eigenvalue weighted by atomic mass is 10.1. The molecule has 0 unspecified atom stereocenters. The molecule has 0 saturated carbocycles.